The second kappa shape index (κ2) is 14.3. The number of benzene rings is 1. The summed E-state index contributed by atoms with van der Waals surface area (Å²) in [6.07, 6.45) is -9.28. The van der Waals surface area contributed by atoms with E-state index in [-0.39, 0.29) is 29.9 Å². The van der Waals surface area contributed by atoms with Crippen molar-refractivity contribution in [2.45, 2.75) is 95.0 Å². The average molecular weight is 601 g/mol. The van der Waals surface area contributed by atoms with Gasteiger partial charge in [0.2, 0.25) is 6.29 Å². The van der Waals surface area contributed by atoms with Crippen LogP contribution in [0.2, 0.25) is 0 Å². The van der Waals surface area contributed by atoms with Crippen LogP contribution in [0, 0.1) is 0 Å². The van der Waals surface area contributed by atoms with E-state index in [0.717, 1.165) is 5.57 Å². The molecule has 236 valence electrons. The normalized spacial score (nSPS) is 32.1. The number of carboxylic acid groups (broad SMARTS) is 1. The third kappa shape index (κ3) is 8.12. The molecule has 0 unspecified atom stereocenters. The van der Waals surface area contributed by atoms with E-state index in [4.69, 9.17) is 18.9 Å². The molecule has 0 spiro atoms. The van der Waals surface area contributed by atoms with Gasteiger partial charge in [0.25, 0.3) is 0 Å². The molecule has 14 heteroatoms. The first-order valence-corrected chi connectivity index (χ1v) is 13.3. The van der Waals surface area contributed by atoms with Gasteiger partial charge in [0.1, 0.15) is 48.0 Å². The number of hydrogen-bond acceptors (Lipinski definition) is 13. The molecule has 2 aliphatic rings. The topological polar surface area (TPSA) is 225 Å². The highest BCUT2D eigenvalue weighted by atomic mass is 17.1. The summed E-state index contributed by atoms with van der Waals surface area (Å²) < 4.78 is 23.0. The number of aromatic carboxylic acids is 1. The lowest BCUT2D eigenvalue weighted by molar-refractivity contribution is -0.348. The molecule has 2 heterocycles. The highest BCUT2D eigenvalue weighted by Gasteiger charge is 2.49. The van der Waals surface area contributed by atoms with Gasteiger partial charge in [-0.25, -0.2) is 9.68 Å². The Balaban J connectivity index is 2.06. The predicted octanol–water partition coefficient (Wildman–Crippen LogP) is -0.183. The van der Waals surface area contributed by atoms with Crippen LogP contribution in [0.15, 0.2) is 29.9 Å². The molecule has 0 bridgehead atoms. The molecule has 9 atom stereocenters. The lowest BCUT2D eigenvalue weighted by Gasteiger charge is -2.44. The van der Waals surface area contributed by atoms with Crippen molar-refractivity contribution in [2.24, 2.45) is 0 Å². The largest absolute Gasteiger partial charge is 0.478 e. The van der Waals surface area contributed by atoms with Gasteiger partial charge in [-0.2, -0.15) is 0 Å². The fourth-order valence-electron chi connectivity index (χ4n) is 4.35. The summed E-state index contributed by atoms with van der Waals surface area (Å²) in [5, 5.41) is 80.4. The Morgan fingerprint density at radius 3 is 2.33 bits per heavy atom. The Hall–Kier alpha value is -2.47. The van der Waals surface area contributed by atoms with E-state index < -0.39 is 73.5 Å². The molecule has 1 aromatic carbocycles. The van der Waals surface area contributed by atoms with Crippen molar-refractivity contribution in [2.75, 3.05) is 13.2 Å². The van der Waals surface area contributed by atoms with Crippen molar-refractivity contribution in [1.82, 2.24) is 0 Å². The minimum atomic E-state index is -1.81. The van der Waals surface area contributed by atoms with Crippen LogP contribution in [0.25, 0.3) is 6.08 Å². The number of allylic oxidation sites excluding steroid dienone is 2. The number of hydrogen-bond donors (Lipinski definition) is 8. The number of rotatable bonds is 11. The van der Waals surface area contributed by atoms with Crippen molar-refractivity contribution in [3.8, 4) is 5.75 Å². The van der Waals surface area contributed by atoms with E-state index in [2.05, 4.69) is 4.89 Å². The third-order valence-corrected chi connectivity index (χ3v) is 6.88. The average Bonchev–Trinajstić information content (AvgIpc) is 2.94. The Morgan fingerprint density at radius 2 is 1.74 bits per heavy atom. The molecular weight excluding hydrogens is 560 g/mol. The van der Waals surface area contributed by atoms with Crippen LogP contribution >= 0.6 is 0 Å². The monoisotopic (exact) mass is 600 g/mol. The number of aliphatic hydroxyl groups is 6. The Kier molecular flexibility index (Phi) is 11.6. The van der Waals surface area contributed by atoms with Gasteiger partial charge in [0.15, 0.2) is 12.4 Å². The van der Waals surface area contributed by atoms with Crippen molar-refractivity contribution >= 4 is 12.0 Å². The van der Waals surface area contributed by atoms with Gasteiger partial charge in [0, 0.05) is 5.56 Å². The standard InChI is InChI=1S/C28H40O14/c1-13(2)5-6-14-9-16(25(35)36)10-15(7-8-28(3,4)42-37)23(14)40-27-24(19(31)17(30)12-38-27)41-26-22(34)21(33)20(32)18(11-29)39-26/h5,7-10,17-22,24,26-27,29-34,37H,6,11-12H2,1-4H3,(H,35,36)/b8-7+/t17-,18+,19-,20+,21-,22+,24+,26-,27-/m0/s1. The van der Waals surface area contributed by atoms with Crippen molar-refractivity contribution in [1.29, 1.82) is 0 Å². The summed E-state index contributed by atoms with van der Waals surface area (Å²) in [5.74, 6) is -1.08. The SMILES string of the molecule is CC(C)=CCc1cc(C(=O)O)cc(/C=C/C(C)(C)OO)c1O[C@@H]1OC[C@H](O)[C@H](O)[C@H]1O[C@@H]1O[C@H](CO)[C@@H](O)[C@H](O)[C@H]1O. The molecule has 2 fully saturated rings. The number of ether oxygens (including phenoxy) is 4. The summed E-state index contributed by atoms with van der Waals surface area (Å²) in [4.78, 5) is 16.4. The van der Waals surface area contributed by atoms with E-state index in [1.165, 1.54) is 24.3 Å². The van der Waals surface area contributed by atoms with E-state index in [0.29, 0.717) is 5.56 Å². The molecule has 0 aliphatic carbocycles. The molecule has 0 amide bonds. The predicted molar refractivity (Wildman–Crippen MR) is 144 cm³/mol. The van der Waals surface area contributed by atoms with Crippen LogP contribution in [0.5, 0.6) is 5.75 Å². The molecule has 1 aromatic rings. The zero-order valence-corrected chi connectivity index (χ0v) is 23.7. The van der Waals surface area contributed by atoms with Crippen LogP contribution in [0.3, 0.4) is 0 Å². The first kappa shape index (κ1) is 34.0. The molecule has 0 saturated carbocycles. The molecule has 0 aromatic heterocycles. The molecule has 2 saturated heterocycles. The van der Waals surface area contributed by atoms with Gasteiger partial charge in [-0.05, 0) is 57.9 Å². The van der Waals surface area contributed by atoms with Gasteiger partial charge in [-0.3, -0.25) is 5.26 Å². The zero-order valence-electron chi connectivity index (χ0n) is 23.7. The van der Waals surface area contributed by atoms with E-state index >= 15 is 0 Å². The zero-order chi connectivity index (χ0) is 31.4. The maximum Gasteiger partial charge on any atom is 0.335 e. The number of carboxylic acids is 1. The summed E-state index contributed by atoms with van der Waals surface area (Å²) in [6, 6.07) is 2.74. The van der Waals surface area contributed by atoms with Crippen LogP contribution in [-0.4, -0.2) is 121 Å². The first-order chi connectivity index (χ1) is 19.7. The Labute approximate surface area is 242 Å². The van der Waals surface area contributed by atoms with Gasteiger partial charge in [-0.1, -0.05) is 17.7 Å². The van der Waals surface area contributed by atoms with Crippen LogP contribution in [-0.2, 0) is 25.5 Å². The van der Waals surface area contributed by atoms with Crippen molar-refractivity contribution in [3.63, 3.8) is 0 Å². The van der Waals surface area contributed by atoms with E-state index in [1.54, 1.807) is 13.8 Å². The summed E-state index contributed by atoms with van der Waals surface area (Å²) in [5.41, 5.74) is 0.371. The molecule has 2 aliphatic heterocycles. The van der Waals surface area contributed by atoms with Gasteiger partial charge in [0.05, 0.1) is 18.8 Å². The highest BCUT2D eigenvalue weighted by molar-refractivity contribution is 5.89. The molecular formula is C28H40O14. The fourth-order valence-corrected chi connectivity index (χ4v) is 4.35. The minimum Gasteiger partial charge on any atom is -0.478 e. The summed E-state index contributed by atoms with van der Waals surface area (Å²) >= 11 is 0. The third-order valence-electron chi connectivity index (χ3n) is 6.88. The lowest BCUT2D eigenvalue weighted by Crippen LogP contribution is -2.63. The van der Waals surface area contributed by atoms with Crippen molar-refractivity contribution < 1.29 is 69.6 Å². The van der Waals surface area contributed by atoms with Crippen LogP contribution < -0.4 is 4.74 Å². The van der Waals surface area contributed by atoms with Crippen molar-refractivity contribution in [3.05, 3.63) is 46.5 Å². The van der Waals surface area contributed by atoms with Crippen LogP contribution in [0.1, 0.15) is 49.2 Å². The van der Waals surface area contributed by atoms with Gasteiger partial charge >= 0.3 is 5.97 Å². The van der Waals surface area contributed by atoms with Gasteiger partial charge < -0.3 is 54.7 Å². The second-order valence-corrected chi connectivity index (χ2v) is 11.0. The Bertz CT molecular complexity index is 1130. The lowest BCUT2D eigenvalue weighted by atomic mass is 9.98. The maximum absolute atomic E-state index is 11.9. The maximum atomic E-state index is 11.9. The van der Waals surface area contributed by atoms with Crippen LogP contribution in [0.4, 0.5) is 0 Å². The fraction of sp³-hybridized carbons (Fsp3) is 0.607. The highest BCUT2D eigenvalue weighted by Crippen LogP contribution is 2.34. The van der Waals surface area contributed by atoms with E-state index in [1.807, 2.05) is 19.9 Å². The second-order valence-electron chi connectivity index (χ2n) is 11.0. The number of aliphatic hydroxyl groups excluding tert-OH is 6. The smallest absolute Gasteiger partial charge is 0.335 e. The number of carbonyl (C=O) groups is 1. The Morgan fingerprint density at radius 1 is 1.05 bits per heavy atom. The van der Waals surface area contributed by atoms with Gasteiger partial charge in [-0.15, -0.1) is 0 Å². The first-order valence-electron chi connectivity index (χ1n) is 13.3. The quantitative estimate of drug-likeness (QED) is 0.0937. The molecule has 8 N–H and O–H groups in total. The molecule has 42 heavy (non-hydrogen) atoms. The summed E-state index contributed by atoms with van der Waals surface area (Å²) in [6.45, 7) is 5.73. The molecule has 0 radical (unpaired) electrons. The molecule has 3 rings (SSSR count). The summed E-state index contributed by atoms with van der Waals surface area (Å²) in [7, 11) is 0. The molecule has 14 nitrogen and oxygen atoms in total. The van der Waals surface area contributed by atoms with E-state index in [9.17, 15) is 45.8 Å². The minimum absolute atomic E-state index is 0.0592.